The van der Waals surface area contributed by atoms with Crippen LogP contribution in [0.3, 0.4) is 0 Å². The van der Waals surface area contributed by atoms with Crippen molar-refractivity contribution in [3.05, 3.63) is 64.6 Å². The van der Waals surface area contributed by atoms with Crippen LogP contribution >= 0.6 is 15.9 Å². The molecule has 158 valence electrons. The van der Waals surface area contributed by atoms with Crippen molar-refractivity contribution in [3.8, 4) is 11.5 Å². The predicted molar refractivity (Wildman–Crippen MR) is 125 cm³/mol. The minimum atomic E-state index is -0.319. The summed E-state index contributed by atoms with van der Waals surface area (Å²) in [7, 11) is 1.59. The van der Waals surface area contributed by atoms with Crippen molar-refractivity contribution in [1.29, 1.82) is 0 Å². The van der Waals surface area contributed by atoms with E-state index in [1.807, 2.05) is 57.2 Å². The number of carbonyl (C=O) groups is 1. The van der Waals surface area contributed by atoms with Gasteiger partial charge >= 0.3 is 0 Å². The second kappa shape index (κ2) is 9.39. The molecule has 0 atom stereocenters. The summed E-state index contributed by atoms with van der Waals surface area (Å²) in [5.41, 5.74) is 1.59. The lowest BCUT2D eigenvalue weighted by molar-refractivity contribution is -0.124. The van der Waals surface area contributed by atoms with E-state index < -0.39 is 0 Å². The van der Waals surface area contributed by atoms with Gasteiger partial charge in [-0.3, -0.25) is 4.79 Å². The SMILES string of the molecule is COc1ccc(Br)c(CNc2cccc3ccccc23)c1OCC(=O)NC(C)(C)C. The first-order chi connectivity index (χ1) is 14.3. The molecule has 0 bridgehead atoms. The van der Waals surface area contributed by atoms with Crippen molar-refractivity contribution in [3.63, 3.8) is 0 Å². The van der Waals surface area contributed by atoms with Crippen LogP contribution < -0.4 is 20.1 Å². The average Bonchev–Trinajstić information content (AvgIpc) is 2.70. The van der Waals surface area contributed by atoms with E-state index in [9.17, 15) is 4.79 Å². The zero-order valence-electron chi connectivity index (χ0n) is 17.7. The van der Waals surface area contributed by atoms with Gasteiger partial charge in [-0.05, 0) is 44.4 Å². The van der Waals surface area contributed by atoms with Crippen LogP contribution in [0.25, 0.3) is 10.8 Å². The summed E-state index contributed by atoms with van der Waals surface area (Å²) in [6, 6.07) is 18.1. The van der Waals surface area contributed by atoms with Gasteiger partial charge in [0.05, 0.1) is 7.11 Å². The Morgan fingerprint density at radius 2 is 1.77 bits per heavy atom. The number of fused-ring (bicyclic) bond motifs is 1. The molecule has 0 aliphatic carbocycles. The van der Waals surface area contributed by atoms with Crippen LogP contribution in [-0.2, 0) is 11.3 Å². The second-order valence-corrected chi connectivity index (χ2v) is 8.88. The maximum Gasteiger partial charge on any atom is 0.258 e. The normalized spacial score (nSPS) is 11.2. The van der Waals surface area contributed by atoms with Crippen LogP contribution in [0.2, 0.25) is 0 Å². The molecule has 3 rings (SSSR count). The van der Waals surface area contributed by atoms with E-state index in [1.165, 1.54) is 5.39 Å². The third kappa shape index (κ3) is 5.45. The van der Waals surface area contributed by atoms with Crippen LogP contribution in [0, 0.1) is 0 Å². The monoisotopic (exact) mass is 470 g/mol. The van der Waals surface area contributed by atoms with Crippen LogP contribution in [0.4, 0.5) is 5.69 Å². The number of ether oxygens (including phenoxy) is 2. The zero-order chi connectivity index (χ0) is 21.7. The number of amides is 1. The minimum Gasteiger partial charge on any atom is -0.493 e. The van der Waals surface area contributed by atoms with Gasteiger partial charge in [0.25, 0.3) is 5.91 Å². The maximum atomic E-state index is 12.2. The molecule has 0 saturated heterocycles. The quantitative estimate of drug-likeness (QED) is 0.477. The lowest BCUT2D eigenvalue weighted by Crippen LogP contribution is -2.43. The van der Waals surface area contributed by atoms with Crippen molar-refractivity contribution in [1.82, 2.24) is 5.32 Å². The van der Waals surface area contributed by atoms with Gasteiger partial charge in [-0.1, -0.05) is 52.3 Å². The lowest BCUT2D eigenvalue weighted by atomic mass is 10.1. The Hall–Kier alpha value is -2.73. The van der Waals surface area contributed by atoms with E-state index in [1.54, 1.807) is 7.11 Å². The number of rotatable bonds is 7. The topological polar surface area (TPSA) is 59.6 Å². The minimum absolute atomic E-state index is 0.0919. The molecule has 0 aliphatic rings. The zero-order valence-corrected chi connectivity index (χ0v) is 19.3. The van der Waals surface area contributed by atoms with Crippen molar-refractivity contribution in [2.24, 2.45) is 0 Å². The molecule has 3 aromatic rings. The highest BCUT2D eigenvalue weighted by Gasteiger charge is 2.18. The molecule has 2 N–H and O–H groups in total. The van der Waals surface area contributed by atoms with Gasteiger partial charge in [0.2, 0.25) is 0 Å². The molecule has 6 heteroatoms. The van der Waals surface area contributed by atoms with Crippen LogP contribution in [0.1, 0.15) is 26.3 Å². The summed E-state index contributed by atoms with van der Waals surface area (Å²) in [5.74, 6) is 0.942. The third-order valence-electron chi connectivity index (χ3n) is 4.49. The first-order valence-electron chi connectivity index (χ1n) is 9.79. The summed E-state index contributed by atoms with van der Waals surface area (Å²) < 4.78 is 12.3. The van der Waals surface area contributed by atoms with Gasteiger partial charge in [0, 0.05) is 33.2 Å². The van der Waals surface area contributed by atoms with E-state index in [0.29, 0.717) is 18.0 Å². The number of halogens is 1. The van der Waals surface area contributed by atoms with E-state index >= 15 is 0 Å². The molecule has 0 fully saturated rings. The van der Waals surface area contributed by atoms with Crippen molar-refractivity contribution >= 4 is 38.3 Å². The molecule has 1 amide bonds. The van der Waals surface area contributed by atoms with Crippen molar-refractivity contribution < 1.29 is 14.3 Å². The number of anilines is 1. The predicted octanol–water partition coefficient (Wildman–Crippen LogP) is 5.52. The number of benzene rings is 3. The van der Waals surface area contributed by atoms with Gasteiger partial charge in [-0.2, -0.15) is 0 Å². The summed E-state index contributed by atoms with van der Waals surface area (Å²) in [6.07, 6.45) is 0. The molecule has 0 spiro atoms. The number of methoxy groups -OCH3 is 1. The van der Waals surface area contributed by atoms with Crippen LogP contribution in [0.15, 0.2) is 59.1 Å². The summed E-state index contributed by atoms with van der Waals surface area (Å²) in [5, 5.41) is 8.72. The van der Waals surface area contributed by atoms with Gasteiger partial charge in [-0.25, -0.2) is 0 Å². The van der Waals surface area contributed by atoms with E-state index in [4.69, 9.17) is 9.47 Å². The van der Waals surface area contributed by atoms with Crippen LogP contribution in [0.5, 0.6) is 11.5 Å². The highest BCUT2D eigenvalue weighted by atomic mass is 79.9. The molecule has 0 aromatic heterocycles. The molecule has 0 saturated carbocycles. The third-order valence-corrected chi connectivity index (χ3v) is 5.24. The molecule has 0 radical (unpaired) electrons. The number of carbonyl (C=O) groups excluding carboxylic acids is 1. The number of nitrogens with one attached hydrogen (secondary N) is 2. The Morgan fingerprint density at radius 1 is 1.03 bits per heavy atom. The standard InChI is InChI=1S/C24H27BrN2O3/c1-24(2,3)27-22(28)15-30-23-18(19(25)12-13-21(23)29-4)14-26-20-11-7-9-16-8-5-6-10-17(16)20/h5-13,26H,14-15H2,1-4H3,(H,27,28). The second-order valence-electron chi connectivity index (χ2n) is 8.02. The van der Waals surface area contributed by atoms with E-state index in [0.717, 1.165) is 21.1 Å². The molecule has 0 heterocycles. The van der Waals surface area contributed by atoms with Gasteiger partial charge in [-0.15, -0.1) is 0 Å². The summed E-state index contributed by atoms with van der Waals surface area (Å²) in [4.78, 5) is 12.2. The maximum absolute atomic E-state index is 12.2. The number of hydrogen-bond donors (Lipinski definition) is 2. The molecular weight excluding hydrogens is 444 g/mol. The first kappa shape index (κ1) is 22.0. The summed E-state index contributed by atoms with van der Waals surface area (Å²) >= 11 is 3.61. The van der Waals surface area contributed by atoms with Gasteiger partial charge in [0.15, 0.2) is 18.1 Å². The largest absolute Gasteiger partial charge is 0.493 e. The Labute approximate surface area is 185 Å². The fourth-order valence-electron chi connectivity index (χ4n) is 3.22. The highest BCUT2D eigenvalue weighted by Crippen LogP contribution is 2.37. The van der Waals surface area contributed by atoms with E-state index in [2.05, 4.69) is 44.8 Å². The van der Waals surface area contributed by atoms with Gasteiger partial charge in [0.1, 0.15) is 0 Å². The van der Waals surface area contributed by atoms with Crippen LogP contribution in [-0.4, -0.2) is 25.2 Å². The molecule has 5 nitrogen and oxygen atoms in total. The molecule has 0 unspecified atom stereocenters. The molecule has 3 aromatic carbocycles. The molecular formula is C24H27BrN2O3. The van der Waals surface area contributed by atoms with Crippen molar-refractivity contribution in [2.45, 2.75) is 32.9 Å². The van der Waals surface area contributed by atoms with Crippen molar-refractivity contribution in [2.75, 3.05) is 19.0 Å². The average molecular weight is 471 g/mol. The Bertz CT molecular complexity index is 1040. The highest BCUT2D eigenvalue weighted by molar-refractivity contribution is 9.10. The summed E-state index contributed by atoms with van der Waals surface area (Å²) in [6.45, 7) is 6.21. The molecule has 30 heavy (non-hydrogen) atoms. The number of hydrogen-bond acceptors (Lipinski definition) is 4. The fraction of sp³-hybridized carbons (Fsp3) is 0.292. The van der Waals surface area contributed by atoms with E-state index in [-0.39, 0.29) is 18.1 Å². The molecule has 0 aliphatic heterocycles. The smallest absolute Gasteiger partial charge is 0.258 e. The van der Waals surface area contributed by atoms with Gasteiger partial charge < -0.3 is 20.1 Å². The Balaban J connectivity index is 1.84. The Kier molecular flexibility index (Phi) is 6.87. The Morgan fingerprint density at radius 3 is 2.50 bits per heavy atom. The fourth-order valence-corrected chi connectivity index (χ4v) is 3.67. The first-order valence-corrected chi connectivity index (χ1v) is 10.6. The lowest BCUT2D eigenvalue weighted by Gasteiger charge is -2.22.